The maximum absolute atomic E-state index is 2.39. The average molecular weight is 719 g/mol. The maximum atomic E-state index is 2.39. The van der Waals surface area contributed by atoms with Gasteiger partial charge in [0, 0.05) is 53.7 Å². The number of rotatable bonds is 6. The summed E-state index contributed by atoms with van der Waals surface area (Å²) in [4.78, 5) is 2.39. The van der Waals surface area contributed by atoms with Crippen LogP contribution >= 0.6 is 11.3 Å². The first-order valence-electron chi connectivity index (χ1n) is 18.8. The summed E-state index contributed by atoms with van der Waals surface area (Å²) in [6, 6.07) is 75.1. The summed E-state index contributed by atoms with van der Waals surface area (Å²) < 4.78 is 5.07. The van der Waals surface area contributed by atoms with Crippen LogP contribution in [0.2, 0.25) is 0 Å². The Hall–Kier alpha value is -6.94. The SMILES string of the molecule is c1ccc(-c2cccc(N(c3ccc(-c4ccc5c(ccc6sc7ccccc7c65)c4)cc3)c3ccc4c5ccccc5n(-c5ccccc5)c4c3)c2)cc1. The number of nitrogens with zero attached hydrogens (tertiary/aromatic N) is 2. The second-order valence-electron chi connectivity index (χ2n) is 14.2. The molecule has 2 heterocycles. The smallest absolute Gasteiger partial charge is 0.0561 e. The third-order valence-electron chi connectivity index (χ3n) is 11.0. The van der Waals surface area contributed by atoms with Gasteiger partial charge in [-0.25, -0.2) is 0 Å². The molecule has 11 rings (SSSR count). The summed E-state index contributed by atoms with van der Waals surface area (Å²) in [5, 5.41) is 7.75. The van der Waals surface area contributed by atoms with Crippen LogP contribution in [-0.2, 0) is 0 Å². The molecule has 0 atom stereocenters. The van der Waals surface area contributed by atoms with Crippen LogP contribution < -0.4 is 4.90 Å². The monoisotopic (exact) mass is 718 g/mol. The van der Waals surface area contributed by atoms with E-state index < -0.39 is 0 Å². The summed E-state index contributed by atoms with van der Waals surface area (Å²) in [6.07, 6.45) is 0. The maximum Gasteiger partial charge on any atom is 0.0561 e. The van der Waals surface area contributed by atoms with Crippen LogP contribution in [0.4, 0.5) is 17.1 Å². The first-order valence-corrected chi connectivity index (χ1v) is 19.6. The van der Waals surface area contributed by atoms with Crippen LogP contribution in [-0.4, -0.2) is 4.57 Å². The summed E-state index contributed by atoms with van der Waals surface area (Å²) in [5.74, 6) is 0. The zero-order valence-electron chi connectivity index (χ0n) is 29.9. The van der Waals surface area contributed by atoms with E-state index in [0.29, 0.717) is 0 Å². The van der Waals surface area contributed by atoms with Gasteiger partial charge in [0.1, 0.15) is 0 Å². The fraction of sp³-hybridized carbons (Fsp3) is 0. The number of hydrogen-bond donors (Lipinski definition) is 0. The standard InChI is InChI=1S/C52H34N2S/c1-3-12-35(13-4-1)37-14-11-17-42(33-37)53(43-28-30-46-45-18-7-9-20-48(45)54(49(46)34-43)40-15-5-2-6-16-40)41-26-22-36(23-27-41)38-24-29-44-39(32-38)25-31-51-52(44)47-19-8-10-21-50(47)55-51/h1-34H. The first-order chi connectivity index (χ1) is 27.3. The van der Waals surface area contributed by atoms with Crippen LogP contribution in [0.1, 0.15) is 0 Å². The lowest BCUT2D eigenvalue weighted by Gasteiger charge is -2.26. The highest BCUT2D eigenvalue weighted by molar-refractivity contribution is 7.26. The normalized spacial score (nSPS) is 11.6. The van der Waals surface area contributed by atoms with Crippen molar-refractivity contribution in [2.24, 2.45) is 0 Å². The van der Waals surface area contributed by atoms with Gasteiger partial charge in [0.25, 0.3) is 0 Å². The van der Waals surface area contributed by atoms with Gasteiger partial charge < -0.3 is 9.47 Å². The number of fused-ring (bicyclic) bond motifs is 8. The van der Waals surface area contributed by atoms with Crippen molar-refractivity contribution in [3.63, 3.8) is 0 Å². The highest BCUT2D eigenvalue weighted by Crippen LogP contribution is 2.42. The lowest BCUT2D eigenvalue weighted by Crippen LogP contribution is -2.10. The largest absolute Gasteiger partial charge is 0.310 e. The van der Waals surface area contributed by atoms with Crippen LogP contribution in [0.3, 0.4) is 0 Å². The van der Waals surface area contributed by atoms with Gasteiger partial charge in [-0.15, -0.1) is 11.3 Å². The van der Waals surface area contributed by atoms with Gasteiger partial charge in [0.15, 0.2) is 0 Å². The molecule has 2 aromatic heterocycles. The minimum absolute atomic E-state index is 1.10. The number of anilines is 3. The third-order valence-corrected chi connectivity index (χ3v) is 12.1. The van der Waals surface area contributed by atoms with E-state index in [1.54, 1.807) is 0 Å². The molecule has 0 aliphatic carbocycles. The zero-order chi connectivity index (χ0) is 36.3. The van der Waals surface area contributed by atoms with Crippen molar-refractivity contribution in [3.05, 3.63) is 206 Å². The van der Waals surface area contributed by atoms with Crippen LogP contribution in [0, 0.1) is 0 Å². The molecule has 55 heavy (non-hydrogen) atoms. The van der Waals surface area contributed by atoms with Gasteiger partial charge in [-0.05, 0) is 106 Å². The summed E-state index contributed by atoms with van der Waals surface area (Å²) in [5.41, 5.74) is 11.6. The van der Waals surface area contributed by atoms with Crippen molar-refractivity contribution in [1.82, 2.24) is 4.57 Å². The number of thiophene rings is 1. The van der Waals surface area contributed by atoms with E-state index in [1.807, 2.05) is 11.3 Å². The van der Waals surface area contributed by atoms with Crippen LogP contribution in [0.15, 0.2) is 206 Å². The lowest BCUT2D eigenvalue weighted by molar-refractivity contribution is 1.18. The van der Waals surface area contributed by atoms with E-state index >= 15 is 0 Å². The molecule has 0 aliphatic heterocycles. The average Bonchev–Trinajstić information content (AvgIpc) is 3.80. The van der Waals surface area contributed by atoms with E-state index in [0.717, 1.165) is 22.7 Å². The van der Waals surface area contributed by atoms with E-state index in [4.69, 9.17) is 0 Å². The van der Waals surface area contributed by atoms with E-state index in [9.17, 15) is 0 Å². The molecule has 0 radical (unpaired) electrons. The molecule has 0 N–H and O–H groups in total. The van der Waals surface area contributed by atoms with E-state index in [-0.39, 0.29) is 0 Å². The Balaban J connectivity index is 1.05. The molecule has 258 valence electrons. The molecule has 9 aromatic carbocycles. The van der Waals surface area contributed by atoms with Gasteiger partial charge in [0.05, 0.1) is 11.0 Å². The molecular formula is C52H34N2S. The summed E-state index contributed by atoms with van der Waals surface area (Å²) in [7, 11) is 0. The molecule has 2 nitrogen and oxygen atoms in total. The third kappa shape index (κ3) is 5.32. The van der Waals surface area contributed by atoms with Gasteiger partial charge in [-0.3, -0.25) is 0 Å². The molecule has 0 fully saturated rings. The summed E-state index contributed by atoms with van der Waals surface area (Å²) >= 11 is 1.87. The number of hydrogen-bond acceptors (Lipinski definition) is 2. The highest BCUT2D eigenvalue weighted by Gasteiger charge is 2.18. The predicted molar refractivity (Wildman–Crippen MR) is 237 cm³/mol. The highest BCUT2D eigenvalue weighted by atomic mass is 32.1. The molecule has 11 aromatic rings. The Kier molecular flexibility index (Phi) is 7.39. The fourth-order valence-electron chi connectivity index (χ4n) is 8.39. The minimum atomic E-state index is 1.10. The molecule has 0 unspecified atom stereocenters. The topological polar surface area (TPSA) is 8.17 Å². The van der Waals surface area contributed by atoms with Gasteiger partial charge in [-0.1, -0.05) is 133 Å². The fourth-order valence-corrected chi connectivity index (χ4v) is 9.51. The molecule has 0 amide bonds. The second kappa shape index (κ2) is 12.9. The Morgan fingerprint density at radius 1 is 0.345 bits per heavy atom. The van der Waals surface area contributed by atoms with Crippen molar-refractivity contribution in [2.75, 3.05) is 4.90 Å². The van der Waals surface area contributed by atoms with Gasteiger partial charge in [0.2, 0.25) is 0 Å². The zero-order valence-corrected chi connectivity index (χ0v) is 30.7. The Labute approximate surface area is 323 Å². The number of benzene rings is 9. The number of aromatic nitrogens is 1. The molecule has 0 saturated carbocycles. The quantitative estimate of drug-likeness (QED) is 0.166. The Morgan fingerprint density at radius 2 is 0.964 bits per heavy atom. The van der Waals surface area contributed by atoms with Gasteiger partial charge >= 0.3 is 0 Å². The second-order valence-corrected chi connectivity index (χ2v) is 15.2. The molecule has 0 spiro atoms. The first kappa shape index (κ1) is 31.6. The van der Waals surface area contributed by atoms with Crippen molar-refractivity contribution < 1.29 is 0 Å². The van der Waals surface area contributed by atoms with Crippen molar-refractivity contribution >= 4 is 81.1 Å². The van der Waals surface area contributed by atoms with E-state index in [1.165, 1.54) is 75.0 Å². The molecular weight excluding hydrogens is 685 g/mol. The lowest BCUT2D eigenvalue weighted by atomic mass is 9.98. The minimum Gasteiger partial charge on any atom is -0.310 e. The van der Waals surface area contributed by atoms with Gasteiger partial charge in [-0.2, -0.15) is 0 Å². The Morgan fingerprint density at radius 3 is 1.82 bits per heavy atom. The molecule has 0 bridgehead atoms. The number of para-hydroxylation sites is 2. The molecule has 3 heteroatoms. The summed E-state index contributed by atoms with van der Waals surface area (Å²) in [6.45, 7) is 0. The van der Waals surface area contributed by atoms with Crippen molar-refractivity contribution in [3.8, 4) is 27.9 Å². The van der Waals surface area contributed by atoms with Crippen molar-refractivity contribution in [1.29, 1.82) is 0 Å². The Bertz CT molecular complexity index is 3190. The molecule has 0 saturated heterocycles. The van der Waals surface area contributed by atoms with Crippen LogP contribution in [0.25, 0.3) is 80.7 Å². The predicted octanol–water partition coefficient (Wildman–Crippen LogP) is 15.1. The molecule has 0 aliphatic rings. The van der Waals surface area contributed by atoms with Crippen LogP contribution in [0.5, 0.6) is 0 Å². The van der Waals surface area contributed by atoms with E-state index in [2.05, 4.69) is 216 Å². The van der Waals surface area contributed by atoms with Crippen molar-refractivity contribution in [2.45, 2.75) is 0 Å².